The molecule has 1 N–H and O–H groups in total. The van der Waals surface area contributed by atoms with Crippen LogP contribution in [0.1, 0.15) is 5.69 Å². The van der Waals surface area contributed by atoms with Gasteiger partial charge in [0, 0.05) is 6.20 Å². The summed E-state index contributed by atoms with van der Waals surface area (Å²) in [6.07, 6.45) is 2.92. The summed E-state index contributed by atoms with van der Waals surface area (Å²) in [7, 11) is 0. The summed E-state index contributed by atoms with van der Waals surface area (Å²) in [4.78, 5) is 26.2. The summed E-state index contributed by atoms with van der Waals surface area (Å²) >= 11 is 0. The van der Waals surface area contributed by atoms with E-state index in [9.17, 15) is 9.59 Å². The highest BCUT2D eigenvalue weighted by Crippen LogP contribution is 1.80. The quantitative estimate of drug-likeness (QED) is 0.391. The van der Waals surface area contributed by atoms with Crippen molar-refractivity contribution in [1.82, 2.24) is 9.97 Å². The average Bonchev–Trinajstić information content (AvgIpc) is 2.04. The zero-order valence-corrected chi connectivity index (χ0v) is 5.50. The van der Waals surface area contributed by atoms with Crippen LogP contribution in [0, 0.1) is 11.8 Å². The molecule has 54 valence electrons. The van der Waals surface area contributed by atoms with Gasteiger partial charge in [-0.15, -0.1) is 0 Å². The van der Waals surface area contributed by atoms with Gasteiger partial charge in [-0.1, -0.05) is 0 Å². The lowest BCUT2D eigenvalue weighted by Crippen LogP contribution is -2.04. The van der Waals surface area contributed by atoms with Crippen LogP contribution in [0.5, 0.6) is 0 Å². The first kappa shape index (κ1) is 7.22. The van der Waals surface area contributed by atoms with Gasteiger partial charge in [0.2, 0.25) is 0 Å². The molecule has 0 fully saturated rings. The Morgan fingerprint density at radius 2 is 2.45 bits per heavy atom. The Morgan fingerprint density at radius 3 is 3.00 bits per heavy atom. The van der Waals surface area contributed by atoms with Crippen molar-refractivity contribution in [3.63, 3.8) is 0 Å². The summed E-state index contributed by atoms with van der Waals surface area (Å²) in [5.41, 5.74) is 0.0818. The van der Waals surface area contributed by atoms with Crippen LogP contribution in [-0.4, -0.2) is 16.3 Å². The molecule has 0 saturated carbocycles. The number of aromatic nitrogens is 2. The molecule has 0 aliphatic heterocycles. The summed E-state index contributed by atoms with van der Waals surface area (Å²) in [5, 5.41) is 0. The van der Waals surface area contributed by atoms with Gasteiger partial charge in [-0.2, -0.15) is 0 Å². The number of nitrogens with zero attached hydrogens (tertiary/aromatic N) is 1. The standard InChI is InChI=1S/C7H4N2O2/c10-3-1-2-6-4-9-7(11)5-8-6/h3-5H,(H,9,11). The Kier molecular flexibility index (Phi) is 2.18. The fraction of sp³-hybridized carbons (Fsp3) is 0. The molecule has 0 aliphatic rings. The average molecular weight is 148 g/mol. The van der Waals surface area contributed by atoms with Crippen molar-refractivity contribution in [2.45, 2.75) is 0 Å². The molecule has 1 heterocycles. The Balaban J connectivity index is 2.99. The Bertz CT molecular complexity index is 350. The van der Waals surface area contributed by atoms with Gasteiger partial charge in [0.15, 0.2) is 6.29 Å². The first-order valence-corrected chi connectivity index (χ1v) is 2.83. The molecule has 0 aromatic carbocycles. The molecule has 0 unspecified atom stereocenters. The molecule has 0 aliphatic carbocycles. The highest BCUT2D eigenvalue weighted by molar-refractivity contribution is 5.73. The van der Waals surface area contributed by atoms with E-state index in [0.717, 1.165) is 6.20 Å². The summed E-state index contributed by atoms with van der Waals surface area (Å²) < 4.78 is 0. The summed E-state index contributed by atoms with van der Waals surface area (Å²) in [6, 6.07) is 0. The molecule has 4 heteroatoms. The second-order valence-corrected chi connectivity index (χ2v) is 1.68. The maximum absolute atomic E-state index is 10.5. The van der Waals surface area contributed by atoms with E-state index in [1.807, 2.05) is 0 Å². The summed E-state index contributed by atoms with van der Waals surface area (Å²) in [5.74, 6) is 4.59. The van der Waals surface area contributed by atoms with Crippen molar-refractivity contribution in [1.29, 1.82) is 0 Å². The zero-order chi connectivity index (χ0) is 8.10. The van der Waals surface area contributed by atoms with E-state index in [4.69, 9.17) is 0 Å². The van der Waals surface area contributed by atoms with E-state index in [-0.39, 0.29) is 5.56 Å². The first-order chi connectivity index (χ1) is 5.33. The van der Waals surface area contributed by atoms with Crippen LogP contribution in [-0.2, 0) is 4.79 Å². The van der Waals surface area contributed by atoms with Crippen LogP contribution in [0.3, 0.4) is 0 Å². The number of carbonyl (C=O) groups is 1. The third-order valence-electron chi connectivity index (χ3n) is 0.931. The van der Waals surface area contributed by atoms with Crippen molar-refractivity contribution in [2.24, 2.45) is 0 Å². The molecule has 1 aromatic rings. The SMILES string of the molecule is O=CC#Cc1c[nH]c(=O)cn1. The van der Waals surface area contributed by atoms with Gasteiger partial charge in [-0.05, 0) is 11.8 Å². The number of aldehydes is 1. The van der Waals surface area contributed by atoms with Crippen LogP contribution in [0.25, 0.3) is 0 Å². The molecule has 1 rings (SSSR count). The van der Waals surface area contributed by atoms with Crippen molar-refractivity contribution < 1.29 is 4.79 Å². The molecular weight excluding hydrogens is 144 g/mol. The number of carbonyl (C=O) groups excluding carboxylic acids is 1. The van der Waals surface area contributed by atoms with Crippen molar-refractivity contribution in [3.8, 4) is 11.8 Å². The van der Waals surface area contributed by atoms with Gasteiger partial charge in [0.1, 0.15) is 5.69 Å². The fourth-order valence-electron chi connectivity index (χ4n) is 0.514. The van der Waals surface area contributed by atoms with E-state index >= 15 is 0 Å². The van der Waals surface area contributed by atoms with Crippen LogP contribution in [0.15, 0.2) is 17.2 Å². The fourth-order valence-corrected chi connectivity index (χ4v) is 0.514. The van der Waals surface area contributed by atoms with Gasteiger partial charge in [-0.3, -0.25) is 9.59 Å². The van der Waals surface area contributed by atoms with E-state index in [0.29, 0.717) is 12.0 Å². The second kappa shape index (κ2) is 3.32. The second-order valence-electron chi connectivity index (χ2n) is 1.68. The lowest BCUT2D eigenvalue weighted by molar-refractivity contribution is -0.103. The lowest BCUT2D eigenvalue weighted by Gasteiger charge is -1.83. The highest BCUT2D eigenvalue weighted by atomic mass is 16.1. The summed E-state index contributed by atoms with van der Waals surface area (Å²) in [6.45, 7) is 0. The predicted octanol–water partition coefficient (Wildman–Crippen LogP) is -0.680. The number of hydrogen-bond donors (Lipinski definition) is 1. The molecule has 0 spiro atoms. The molecular formula is C7H4N2O2. The van der Waals surface area contributed by atoms with Gasteiger partial charge < -0.3 is 4.98 Å². The lowest BCUT2D eigenvalue weighted by atomic mass is 10.4. The van der Waals surface area contributed by atoms with Crippen LogP contribution in [0.2, 0.25) is 0 Å². The van der Waals surface area contributed by atoms with E-state index < -0.39 is 0 Å². The largest absolute Gasteiger partial charge is 0.325 e. The molecule has 0 amide bonds. The van der Waals surface area contributed by atoms with Gasteiger partial charge in [0.05, 0.1) is 6.20 Å². The number of nitrogens with one attached hydrogen (secondary N) is 1. The normalized spacial score (nSPS) is 8.00. The monoisotopic (exact) mass is 148 g/mol. The molecule has 4 nitrogen and oxygen atoms in total. The molecule has 0 saturated heterocycles. The van der Waals surface area contributed by atoms with Crippen LogP contribution in [0.4, 0.5) is 0 Å². The molecule has 0 bridgehead atoms. The topological polar surface area (TPSA) is 62.8 Å². The Labute approximate surface area is 62.3 Å². The predicted molar refractivity (Wildman–Crippen MR) is 37.8 cm³/mol. The third-order valence-corrected chi connectivity index (χ3v) is 0.931. The maximum atomic E-state index is 10.5. The van der Waals surface area contributed by atoms with Crippen LogP contribution < -0.4 is 5.56 Å². The minimum atomic E-state index is -0.290. The van der Waals surface area contributed by atoms with Crippen LogP contribution >= 0.6 is 0 Å². The number of H-pyrrole nitrogens is 1. The molecule has 0 atom stereocenters. The van der Waals surface area contributed by atoms with Crippen molar-refractivity contribution >= 4 is 6.29 Å². The molecule has 0 radical (unpaired) electrons. The minimum Gasteiger partial charge on any atom is -0.325 e. The Hall–Kier alpha value is -1.89. The van der Waals surface area contributed by atoms with Crippen molar-refractivity contribution in [3.05, 3.63) is 28.4 Å². The minimum absolute atomic E-state index is 0.290. The number of rotatable bonds is 0. The van der Waals surface area contributed by atoms with Gasteiger partial charge in [0.25, 0.3) is 5.56 Å². The molecule has 11 heavy (non-hydrogen) atoms. The highest BCUT2D eigenvalue weighted by Gasteiger charge is 1.85. The van der Waals surface area contributed by atoms with E-state index in [2.05, 4.69) is 21.8 Å². The zero-order valence-electron chi connectivity index (χ0n) is 5.50. The smallest absolute Gasteiger partial charge is 0.266 e. The first-order valence-electron chi connectivity index (χ1n) is 2.83. The van der Waals surface area contributed by atoms with E-state index in [1.54, 1.807) is 0 Å². The Morgan fingerprint density at radius 1 is 1.64 bits per heavy atom. The van der Waals surface area contributed by atoms with Gasteiger partial charge >= 0.3 is 0 Å². The number of hydrogen-bond acceptors (Lipinski definition) is 3. The maximum Gasteiger partial charge on any atom is 0.266 e. The van der Waals surface area contributed by atoms with E-state index in [1.165, 1.54) is 6.20 Å². The van der Waals surface area contributed by atoms with Gasteiger partial charge in [-0.25, -0.2) is 4.98 Å². The number of aromatic amines is 1. The third kappa shape index (κ3) is 2.06. The van der Waals surface area contributed by atoms with Crippen molar-refractivity contribution in [2.75, 3.05) is 0 Å². The molecule has 1 aromatic heterocycles.